The first-order valence-electron chi connectivity index (χ1n) is 12.9. The molecule has 2 rings (SSSR count). The molecule has 33 heavy (non-hydrogen) atoms. The van der Waals surface area contributed by atoms with Crippen molar-refractivity contribution in [2.24, 2.45) is 5.92 Å². The van der Waals surface area contributed by atoms with Crippen LogP contribution in [-0.2, 0) is 0 Å². The first kappa shape index (κ1) is 27.0. The van der Waals surface area contributed by atoms with Crippen molar-refractivity contribution in [2.75, 3.05) is 6.54 Å². The summed E-state index contributed by atoms with van der Waals surface area (Å²) in [6.07, 6.45) is 9.58. The number of hydrogen-bond acceptors (Lipinski definition) is 2. The number of nitrogens with zero attached hydrogens (tertiary/aromatic N) is 1. The predicted octanol–water partition coefficient (Wildman–Crippen LogP) is 8.81. The molecule has 182 valence electrons. The average Bonchev–Trinajstić information content (AvgIpc) is 2.72. The summed E-state index contributed by atoms with van der Waals surface area (Å²) in [5.74, 6) is 0.799. The van der Waals surface area contributed by atoms with Gasteiger partial charge in [0.1, 0.15) is 0 Å². The van der Waals surface area contributed by atoms with E-state index in [1.807, 2.05) is 0 Å². The quantitative estimate of drug-likeness (QED) is 0.226. The highest BCUT2D eigenvalue weighted by Crippen LogP contribution is 2.40. The first-order chi connectivity index (χ1) is 15.5. The summed E-state index contributed by atoms with van der Waals surface area (Å²) in [4.78, 5) is 2.54. The van der Waals surface area contributed by atoms with Gasteiger partial charge in [-0.1, -0.05) is 88.6 Å². The van der Waals surface area contributed by atoms with Gasteiger partial charge in [0.2, 0.25) is 0 Å². The Morgan fingerprint density at radius 2 is 1.73 bits per heavy atom. The third-order valence-electron chi connectivity index (χ3n) is 6.86. The standard InChI is InChI=1S/C31H48N2/c1-10-11-15-30(29-18-16-28(17-19-29)25(5)32-21-20-23(2)3)33(31(7,8)9)26(6)24(4)22-27-13-12-14-27/h16-19,27,30,32H,2,4-6,10-15,20-22H2,1,3,7-9H3. The van der Waals surface area contributed by atoms with Crippen molar-refractivity contribution in [3.05, 3.63) is 78.6 Å². The summed E-state index contributed by atoms with van der Waals surface area (Å²) < 4.78 is 0. The van der Waals surface area contributed by atoms with Gasteiger partial charge in [-0.25, -0.2) is 0 Å². The molecule has 1 unspecified atom stereocenters. The molecule has 1 fully saturated rings. The van der Waals surface area contributed by atoms with E-state index in [1.165, 1.54) is 48.8 Å². The minimum Gasteiger partial charge on any atom is -0.385 e. The molecule has 1 aliphatic carbocycles. The van der Waals surface area contributed by atoms with Gasteiger partial charge in [-0.2, -0.15) is 0 Å². The van der Waals surface area contributed by atoms with E-state index in [9.17, 15) is 0 Å². The van der Waals surface area contributed by atoms with Crippen LogP contribution in [0, 0.1) is 5.92 Å². The maximum absolute atomic E-state index is 4.58. The molecule has 0 heterocycles. The zero-order chi connectivity index (χ0) is 24.6. The van der Waals surface area contributed by atoms with Gasteiger partial charge in [-0.3, -0.25) is 0 Å². The zero-order valence-corrected chi connectivity index (χ0v) is 22.1. The topological polar surface area (TPSA) is 15.3 Å². The van der Waals surface area contributed by atoms with E-state index in [2.05, 4.69) is 95.4 Å². The molecule has 1 aromatic carbocycles. The lowest BCUT2D eigenvalue weighted by molar-refractivity contribution is 0.120. The van der Waals surface area contributed by atoms with Crippen molar-refractivity contribution >= 4 is 5.70 Å². The smallest absolute Gasteiger partial charge is 0.0547 e. The van der Waals surface area contributed by atoms with Crippen molar-refractivity contribution in [2.45, 2.75) is 97.6 Å². The number of nitrogens with one attached hydrogen (secondary N) is 1. The summed E-state index contributed by atoms with van der Waals surface area (Å²) in [7, 11) is 0. The van der Waals surface area contributed by atoms with Gasteiger partial charge in [-0.15, -0.1) is 6.58 Å². The van der Waals surface area contributed by atoms with Gasteiger partial charge in [0.25, 0.3) is 0 Å². The van der Waals surface area contributed by atoms with E-state index in [-0.39, 0.29) is 11.6 Å². The molecule has 2 heteroatoms. The molecule has 0 amide bonds. The van der Waals surface area contributed by atoms with Crippen LogP contribution in [-0.4, -0.2) is 17.0 Å². The third kappa shape index (κ3) is 7.95. The fraction of sp³-hybridized carbons (Fsp3) is 0.548. The Kier molecular flexibility index (Phi) is 10.1. The number of unbranched alkanes of at least 4 members (excludes halogenated alkanes) is 1. The highest BCUT2D eigenvalue weighted by atomic mass is 15.2. The molecular weight excluding hydrogens is 400 g/mol. The van der Waals surface area contributed by atoms with Crippen LogP contribution in [0.15, 0.2) is 67.4 Å². The largest absolute Gasteiger partial charge is 0.385 e. The van der Waals surface area contributed by atoms with Crippen LogP contribution in [0.4, 0.5) is 0 Å². The Morgan fingerprint density at radius 3 is 2.21 bits per heavy atom. The van der Waals surface area contributed by atoms with Crippen LogP contribution in [0.5, 0.6) is 0 Å². The molecule has 1 atom stereocenters. The van der Waals surface area contributed by atoms with Crippen LogP contribution in [0.25, 0.3) is 5.70 Å². The molecular formula is C31H48N2. The molecule has 1 saturated carbocycles. The fourth-order valence-electron chi connectivity index (χ4n) is 4.67. The van der Waals surface area contributed by atoms with Gasteiger partial charge < -0.3 is 10.2 Å². The monoisotopic (exact) mass is 448 g/mol. The van der Waals surface area contributed by atoms with E-state index in [0.29, 0.717) is 0 Å². The van der Waals surface area contributed by atoms with E-state index in [1.54, 1.807) is 0 Å². The highest BCUT2D eigenvalue weighted by Gasteiger charge is 2.32. The third-order valence-corrected chi connectivity index (χ3v) is 6.86. The zero-order valence-electron chi connectivity index (χ0n) is 22.1. The molecule has 0 spiro atoms. The summed E-state index contributed by atoms with van der Waals surface area (Å²) in [6, 6.07) is 9.26. The lowest BCUT2D eigenvalue weighted by Crippen LogP contribution is -2.43. The fourth-order valence-corrected chi connectivity index (χ4v) is 4.67. The van der Waals surface area contributed by atoms with Gasteiger partial charge in [0.15, 0.2) is 0 Å². The van der Waals surface area contributed by atoms with Crippen molar-refractivity contribution in [3.8, 4) is 0 Å². The summed E-state index contributed by atoms with van der Waals surface area (Å²) in [6.45, 7) is 29.4. The van der Waals surface area contributed by atoms with E-state index in [0.717, 1.165) is 48.7 Å². The summed E-state index contributed by atoms with van der Waals surface area (Å²) >= 11 is 0. The van der Waals surface area contributed by atoms with Gasteiger partial charge in [-0.05, 0) is 69.6 Å². The SMILES string of the molecule is C=C(C)CCNC(=C)c1ccc(C(CCCC)N(C(=C)C(=C)CC2CCC2)C(C)(C)C)cc1. The second-order valence-corrected chi connectivity index (χ2v) is 11.0. The van der Waals surface area contributed by atoms with E-state index < -0.39 is 0 Å². The van der Waals surface area contributed by atoms with Crippen molar-refractivity contribution in [1.29, 1.82) is 0 Å². The number of hydrogen-bond donors (Lipinski definition) is 1. The van der Waals surface area contributed by atoms with Crippen LogP contribution in [0.1, 0.15) is 103 Å². The second-order valence-electron chi connectivity index (χ2n) is 11.0. The predicted molar refractivity (Wildman–Crippen MR) is 147 cm³/mol. The molecule has 0 aliphatic heterocycles. The van der Waals surface area contributed by atoms with E-state index in [4.69, 9.17) is 0 Å². The Balaban J connectivity index is 2.24. The normalized spacial score (nSPS) is 14.8. The van der Waals surface area contributed by atoms with Gasteiger partial charge in [0, 0.05) is 23.5 Å². The van der Waals surface area contributed by atoms with Crippen LogP contribution >= 0.6 is 0 Å². The Hall–Kier alpha value is -2.22. The molecule has 0 radical (unpaired) electrons. The maximum atomic E-state index is 4.58. The molecule has 1 N–H and O–H groups in total. The van der Waals surface area contributed by atoms with Crippen molar-refractivity contribution < 1.29 is 0 Å². The number of benzene rings is 1. The Labute approximate surface area is 204 Å². The molecule has 1 aromatic rings. The summed E-state index contributed by atoms with van der Waals surface area (Å²) in [5.41, 5.74) is 6.93. The highest BCUT2D eigenvalue weighted by molar-refractivity contribution is 5.61. The molecule has 0 saturated heterocycles. The lowest BCUT2D eigenvalue weighted by atomic mass is 9.80. The second kappa shape index (κ2) is 12.3. The Morgan fingerprint density at radius 1 is 1.09 bits per heavy atom. The van der Waals surface area contributed by atoms with Crippen molar-refractivity contribution in [1.82, 2.24) is 10.2 Å². The Bertz CT molecular complexity index is 817. The first-order valence-corrected chi connectivity index (χ1v) is 12.9. The van der Waals surface area contributed by atoms with Crippen LogP contribution in [0.2, 0.25) is 0 Å². The van der Waals surface area contributed by atoms with Gasteiger partial charge >= 0.3 is 0 Å². The van der Waals surface area contributed by atoms with Crippen molar-refractivity contribution in [3.63, 3.8) is 0 Å². The number of allylic oxidation sites excluding steroid dienone is 1. The molecule has 0 aromatic heterocycles. The maximum Gasteiger partial charge on any atom is 0.0547 e. The minimum absolute atomic E-state index is 0.0373. The molecule has 1 aliphatic rings. The molecule has 0 bridgehead atoms. The number of rotatable bonds is 14. The lowest BCUT2D eigenvalue weighted by Gasteiger charge is -2.46. The van der Waals surface area contributed by atoms with Crippen LogP contribution < -0.4 is 5.32 Å². The minimum atomic E-state index is -0.0373. The summed E-state index contributed by atoms with van der Waals surface area (Å²) in [5, 5.41) is 3.43. The van der Waals surface area contributed by atoms with Crippen LogP contribution in [0.3, 0.4) is 0 Å². The molecule has 2 nitrogen and oxygen atoms in total. The van der Waals surface area contributed by atoms with Gasteiger partial charge in [0.05, 0.1) is 6.04 Å². The average molecular weight is 449 g/mol. The van der Waals surface area contributed by atoms with E-state index >= 15 is 0 Å².